The van der Waals surface area contributed by atoms with Gasteiger partial charge in [-0.1, -0.05) is 36.4 Å². The number of hydrogen-bond donors (Lipinski definition) is 1. The van der Waals surface area contributed by atoms with Gasteiger partial charge in [0.1, 0.15) is 0 Å². The number of halogens is 3. The smallest absolute Gasteiger partial charge is 0.388 e. The molecule has 2 unspecified atom stereocenters. The van der Waals surface area contributed by atoms with Gasteiger partial charge in [0.2, 0.25) is 0 Å². The van der Waals surface area contributed by atoms with E-state index in [-0.39, 0.29) is 5.92 Å². The molecule has 3 rings (SSSR count). The summed E-state index contributed by atoms with van der Waals surface area (Å²) in [7, 11) is 1.97. The third kappa shape index (κ3) is 3.26. The van der Waals surface area contributed by atoms with Gasteiger partial charge in [-0.05, 0) is 35.9 Å². The molecule has 0 spiro atoms. The van der Waals surface area contributed by atoms with Crippen LogP contribution < -0.4 is 0 Å². The summed E-state index contributed by atoms with van der Waals surface area (Å²) in [6.45, 7) is 1.48. The zero-order chi connectivity index (χ0) is 16.6. The Labute approximate surface area is 133 Å². The second-order valence-electron chi connectivity index (χ2n) is 6.07. The first-order valence-corrected chi connectivity index (χ1v) is 7.48. The highest BCUT2D eigenvalue weighted by molar-refractivity contribution is 5.36. The summed E-state index contributed by atoms with van der Waals surface area (Å²) in [5.74, 6) is -0.151. The second-order valence-corrected chi connectivity index (χ2v) is 6.07. The van der Waals surface area contributed by atoms with Crippen LogP contribution in [0.5, 0.6) is 0 Å². The Bertz CT molecular complexity index is 681. The van der Waals surface area contributed by atoms with Crippen molar-refractivity contribution < 1.29 is 18.3 Å². The van der Waals surface area contributed by atoms with Crippen LogP contribution in [0.15, 0.2) is 48.5 Å². The maximum Gasteiger partial charge on any atom is 0.416 e. The number of nitrogens with zero attached hydrogens (tertiary/aromatic N) is 1. The molecule has 2 atom stereocenters. The van der Waals surface area contributed by atoms with Gasteiger partial charge < -0.3 is 10.0 Å². The van der Waals surface area contributed by atoms with E-state index in [9.17, 15) is 18.3 Å². The fourth-order valence-corrected chi connectivity index (χ4v) is 3.20. The predicted octanol–water partition coefficient (Wildman–Crippen LogP) is 3.97. The highest BCUT2D eigenvalue weighted by Crippen LogP contribution is 2.38. The summed E-state index contributed by atoms with van der Waals surface area (Å²) in [5.41, 5.74) is 2.03. The quantitative estimate of drug-likeness (QED) is 0.905. The number of alkyl halides is 3. The van der Waals surface area contributed by atoms with Gasteiger partial charge in [0.15, 0.2) is 0 Å². The molecule has 0 amide bonds. The van der Waals surface area contributed by atoms with Crippen LogP contribution in [0.3, 0.4) is 0 Å². The summed E-state index contributed by atoms with van der Waals surface area (Å²) < 4.78 is 38.0. The lowest BCUT2D eigenvalue weighted by Gasteiger charge is -2.35. The Morgan fingerprint density at radius 2 is 1.74 bits per heavy atom. The number of aliphatic hydroxyl groups excluding tert-OH is 1. The van der Waals surface area contributed by atoms with Crippen LogP contribution in [0.2, 0.25) is 0 Å². The summed E-state index contributed by atoms with van der Waals surface area (Å²) in [5, 5.41) is 10.7. The summed E-state index contributed by atoms with van der Waals surface area (Å²) >= 11 is 0. The highest BCUT2D eigenvalue weighted by atomic mass is 19.4. The Morgan fingerprint density at radius 3 is 2.39 bits per heavy atom. The average molecular weight is 321 g/mol. The minimum atomic E-state index is -4.36. The van der Waals surface area contributed by atoms with Crippen molar-refractivity contribution in [2.75, 3.05) is 13.6 Å². The van der Waals surface area contributed by atoms with Gasteiger partial charge in [-0.15, -0.1) is 0 Å². The minimum absolute atomic E-state index is 0.151. The van der Waals surface area contributed by atoms with Crippen molar-refractivity contribution in [1.82, 2.24) is 4.90 Å². The van der Waals surface area contributed by atoms with Crippen molar-refractivity contribution in [3.8, 4) is 0 Å². The van der Waals surface area contributed by atoms with Crippen LogP contribution in [-0.2, 0) is 12.7 Å². The summed E-state index contributed by atoms with van der Waals surface area (Å²) in [4.78, 5) is 2.11. The number of likely N-dealkylation sites (N-methyl/N-ethyl adjacent to an activating group) is 1. The third-order valence-electron chi connectivity index (χ3n) is 4.36. The molecule has 1 N–H and O–H groups in total. The molecule has 2 nitrogen and oxygen atoms in total. The molecule has 0 fully saturated rings. The minimum Gasteiger partial charge on any atom is -0.388 e. The van der Waals surface area contributed by atoms with Gasteiger partial charge in [0, 0.05) is 19.0 Å². The Hall–Kier alpha value is -1.85. The number of hydrogen-bond acceptors (Lipinski definition) is 2. The zero-order valence-corrected chi connectivity index (χ0v) is 12.7. The molecule has 23 heavy (non-hydrogen) atoms. The normalized spacial score (nSPS) is 20.1. The average Bonchev–Trinajstić information content (AvgIpc) is 2.52. The second kappa shape index (κ2) is 5.98. The van der Waals surface area contributed by atoms with Gasteiger partial charge >= 0.3 is 6.18 Å². The number of aliphatic hydroxyl groups is 1. The maximum absolute atomic E-state index is 12.7. The first-order valence-electron chi connectivity index (χ1n) is 7.48. The van der Waals surface area contributed by atoms with Crippen LogP contribution >= 0.6 is 0 Å². The molecule has 2 aromatic rings. The topological polar surface area (TPSA) is 23.5 Å². The standard InChI is InChI=1S/C18H18F3NO/c1-22-10-13-4-2-3-5-15(13)16(11-22)17(23)12-6-8-14(9-7-12)18(19,20)21/h2-9,16-17,23H,10-11H2,1H3. The largest absolute Gasteiger partial charge is 0.416 e. The van der Waals surface area contributed by atoms with E-state index in [0.717, 1.165) is 29.8 Å². The van der Waals surface area contributed by atoms with E-state index in [4.69, 9.17) is 0 Å². The molecular formula is C18H18F3NO. The lowest BCUT2D eigenvalue weighted by molar-refractivity contribution is -0.137. The van der Waals surface area contributed by atoms with Gasteiger partial charge in [0.25, 0.3) is 0 Å². The molecule has 2 aromatic carbocycles. The van der Waals surface area contributed by atoms with Crippen molar-refractivity contribution >= 4 is 0 Å². The Morgan fingerprint density at radius 1 is 1.09 bits per heavy atom. The van der Waals surface area contributed by atoms with Crippen LogP contribution in [0.25, 0.3) is 0 Å². The van der Waals surface area contributed by atoms with Gasteiger partial charge in [-0.25, -0.2) is 0 Å². The van der Waals surface area contributed by atoms with Gasteiger partial charge in [0.05, 0.1) is 11.7 Å². The van der Waals surface area contributed by atoms with Crippen molar-refractivity contribution in [1.29, 1.82) is 0 Å². The number of rotatable bonds is 2. The molecule has 0 aliphatic carbocycles. The van der Waals surface area contributed by atoms with E-state index in [1.807, 2.05) is 31.3 Å². The molecule has 122 valence electrons. The van der Waals surface area contributed by atoms with E-state index in [0.29, 0.717) is 12.1 Å². The summed E-state index contributed by atoms with van der Waals surface area (Å²) in [6.07, 6.45) is -5.19. The van der Waals surface area contributed by atoms with E-state index >= 15 is 0 Å². The molecule has 0 saturated heterocycles. The van der Waals surface area contributed by atoms with Crippen LogP contribution in [0, 0.1) is 0 Å². The van der Waals surface area contributed by atoms with Crippen molar-refractivity contribution in [2.45, 2.75) is 24.7 Å². The molecule has 1 aliphatic heterocycles. The lowest BCUT2D eigenvalue weighted by Crippen LogP contribution is -2.33. The molecule has 1 aliphatic rings. The molecule has 5 heteroatoms. The molecule has 0 bridgehead atoms. The van der Waals surface area contributed by atoms with Gasteiger partial charge in [-0.2, -0.15) is 13.2 Å². The fraction of sp³-hybridized carbons (Fsp3) is 0.333. The van der Waals surface area contributed by atoms with E-state index < -0.39 is 17.8 Å². The summed E-state index contributed by atoms with van der Waals surface area (Å²) in [6, 6.07) is 12.7. The van der Waals surface area contributed by atoms with Crippen molar-refractivity contribution in [3.05, 3.63) is 70.8 Å². The molecule has 0 saturated carbocycles. The number of benzene rings is 2. The van der Waals surface area contributed by atoms with E-state index in [1.54, 1.807) is 0 Å². The zero-order valence-electron chi connectivity index (χ0n) is 12.7. The molecule has 0 aromatic heterocycles. The van der Waals surface area contributed by atoms with Crippen LogP contribution in [0.1, 0.15) is 34.3 Å². The van der Waals surface area contributed by atoms with E-state index in [1.165, 1.54) is 12.1 Å². The van der Waals surface area contributed by atoms with Crippen molar-refractivity contribution in [3.63, 3.8) is 0 Å². The fourth-order valence-electron chi connectivity index (χ4n) is 3.20. The monoisotopic (exact) mass is 321 g/mol. The molecular weight excluding hydrogens is 303 g/mol. The van der Waals surface area contributed by atoms with E-state index in [2.05, 4.69) is 4.90 Å². The predicted molar refractivity (Wildman–Crippen MR) is 81.9 cm³/mol. The van der Waals surface area contributed by atoms with Crippen LogP contribution in [0.4, 0.5) is 13.2 Å². The van der Waals surface area contributed by atoms with Gasteiger partial charge in [-0.3, -0.25) is 0 Å². The van der Waals surface area contributed by atoms with Crippen molar-refractivity contribution in [2.24, 2.45) is 0 Å². The Kier molecular flexibility index (Phi) is 4.17. The highest BCUT2D eigenvalue weighted by Gasteiger charge is 2.32. The molecule has 0 radical (unpaired) electrons. The van der Waals surface area contributed by atoms with Crippen LogP contribution in [-0.4, -0.2) is 23.6 Å². The Balaban J connectivity index is 1.90. The lowest BCUT2D eigenvalue weighted by atomic mass is 9.83. The third-order valence-corrected chi connectivity index (χ3v) is 4.36. The first kappa shape index (κ1) is 16.0. The maximum atomic E-state index is 12.7. The number of fused-ring (bicyclic) bond motifs is 1. The molecule has 1 heterocycles. The first-order chi connectivity index (χ1) is 10.9. The SMILES string of the molecule is CN1Cc2ccccc2C(C(O)c2ccc(C(F)(F)F)cc2)C1.